The fraction of sp³-hybridized carbons (Fsp3) is 0.619. The predicted molar refractivity (Wildman–Crippen MR) is 110 cm³/mol. The predicted octanol–water partition coefficient (Wildman–Crippen LogP) is 3.15. The number of carbonyl (C=O) groups is 1. The number of fused-ring (bicyclic) bond motifs is 1. The first-order valence-electron chi connectivity index (χ1n) is 10.2. The van der Waals surface area contributed by atoms with Gasteiger partial charge in [0, 0.05) is 18.3 Å². The monoisotopic (exact) mass is 403 g/mol. The number of hydrogen-bond donors (Lipinski definition) is 0. The Bertz CT molecular complexity index is 970. The Labute approximate surface area is 166 Å². The van der Waals surface area contributed by atoms with Crippen LogP contribution in [0.15, 0.2) is 24.3 Å². The highest BCUT2D eigenvalue weighted by Gasteiger charge is 2.38. The highest BCUT2D eigenvalue weighted by molar-refractivity contribution is 7.89. The van der Waals surface area contributed by atoms with Gasteiger partial charge in [-0.1, -0.05) is 19.1 Å². The lowest BCUT2D eigenvalue weighted by Crippen LogP contribution is -2.45. The maximum atomic E-state index is 13.4. The zero-order chi connectivity index (χ0) is 19.9. The molecule has 0 atom stereocenters. The van der Waals surface area contributed by atoms with Crippen molar-refractivity contribution < 1.29 is 13.2 Å². The summed E-state index contributed by atoms with van der Waals surface area (Å²) in [7, 11) is -3.24. The fourth-order valence-electron chi connectivity index (χ4n) is 4.44. The van der Waals surface area contributed by atoms with Gasteiger partial charge in [-0.25, -0.2) is 13.4 Å². The van der Waals surface area contributed by atoms with Gasteiger partial charge < -0.3 is 9.47 Å². The van der Waals surface area contributed by atoms with Crippen LogP contribution in [0.1, 0.15) is 51.3 Å². The zero-order valence-corrected chi connectivity index (χ0v) is 17.5. The summed E-state index contributed by atoms with van der Waals surface area (Å²) in [5.41, 5.74) is 1.56. The third-order valence-corrected chi connectivity index (χ3v) is 6.81. The number of sulfone groups is 1. The van der Waals surface area contributed by atoms with E-state index in [1.807, 2.05) is 24.3 Å². The molecule has 152 valence electrons. The minimum atomic E-state index is -3.24. The molecule has 2 saturated carbocycles. The van der Waals surface area contributed by atoms with E-state index in [1.165, 1.54) is 19.1 Å². The summed E-state index contributed by atoms with van der Waals surface area (Å²) < 4.78 is 25.6. The first-order valence-corrected chi connectivity index (χ1v) is 12.3. The molecular weight excluding hydrogens is 374 g/mol. The van der Waals surface area contributed by atoms with Crippen LogP contribution in [0.25, 0.3) is 11.0 Å². The van der Waals surface area contributed by atoms with Crippen molar-refractivity contribution in [3.8, 4) is 0 Å². The van der Waals surface area contributed by atoms with Crippen LogP contribution < -0.4 is 0 Å². The van der Waals surface area contributed by atoms with Crippen LogP contribution >= 0.6 is 0 Å². The molecule has 0 bridgehead atoms. The molecule has 1 aromatic heterocycles. The number of imidazole rings is 1. The van der Waals surface area contributed by atoms with Gasteiger partial charge in [0.1, 0.15) is 18.1 Å². The summed E-state index contributed by atoms with van der Waals surface area (Å²) in [6.07, 6.45) is 7.87. The molecule has 4 rings (SSSR count). The van der Waals surface area contributed by atoms with E-state index < -0.39 is 9.84 Å². The molecule has 28 heavy (non-hydrogen) atoms. The molecule has 0 aliphatic heterocycles. The first kappa shape index (κ1) is 19.4. The van der Waals surface area contributed by atoms with Crippen LogP contribution in [0.5, 0.6) is 0 Å². The van der Waals surface area contributed by atoms with Gasteiger partial charge in [0.25, 0.3) is 0 Å². The number of nitrogens with zero attached hydrogens (tertiary/aromatic N) is 3. The third kappa shape index (κ3) is 4.24. The second kappa shape index (κ2) is 7.50. The van der Waals surface area contributed by atoms with Crippen LogP contribution in [0.2, 0.25) is 0 Å². The Morgan fingerprint density at radius 3 is 2.32 bits per heavy atom. The number of aromatic nitrogens is 2. The smallest absolute Gasteiger partial charge is 0.243 e. The highest BCUT2D eigenvalue weighted by atomic mass is 32.2. The fourth-order valence-corrected chi connectivity index (χ4v) is 5.13. The lowest BCUT2D eigenvalue weighted by Gasteiger charge is -2.36. The first-order chi connectivity index (χ1) is 13.3. The van der Waals surface area contributed by atoms with Crippen molar-refractivity contribution in [1.29, 1.82) is 0 Å². The highest BCUT2D eigenvalue weighted by Crippen LogP contribution is 2.35. The van der Waals surface area contributed by atoms with Crippen LogP contribution in [0, 0.1) is 5.92 Å². The van der Waals surface area contributed by atoms with Crippen molar-refractivity contribution >= 4 is 26.8 Å². The molecule has 2 fully saturated rings. The number of rotatable bonds is 6. The van der Waals surface area contributed by atoms with E-state index in [-0.39, 0.29) is 18.2 Å². The van der Waals surface area contributed by atoms with Crippen molar-refractivity contribution in [2.75, 3.05) is 6.26 Å². The number of hydrogen-bond acceptors (Lipinski definition) is 4. The van der Waals surface area contributed by atoms with Crippen molar-refractivity contribution in [3.63, 3.8) is 0 Å². The Kier molecular flexibility index (Phi) is 5.21. The second-order valence-electron chi connectivity index (χ2n) is 8.62. The van der Waals surface area contributed by atoms with Crippen LogP contribution in [0.3, 0.4) is 0 Å². The molecule has 7 heteroatoms. The Balaban J connectivity index is 1.62. The van der Waals surface area contributed by atoms with Gasteiger partial charge in [0.2, 0.25) is 5.91 Å². The van der Waals surface area contributed by atoms with E-state index in [0.29, 0.717) is 17.9 Å². The number of carbonyl (C=O) groups excluding carboxylic acids is 1. The van der Waals surface area contributed by atoms with Gasteiger partial charge in [-0.15, -0.1) is 0 Å². The molecule has 2 aliphatic carbocycles. The third-order valence-electron chi connectivity index (χ3n) is 6.03. The quantitative estimate of drug-likeness (QED) is 0.743. The second-order valence-corrected chi connectivity index (χ2v) is 10.8. The van der Waals surface area contributed by atoms with Crippen molar-refractivity contribution in [2.24, 2.45) is 5.92 Å². The molecule has 0 unspecified atom stereocenters. The van der Waals surface area contributed by atoms with Gasteiger partial charge >= 0.3 is 0 Å². The number of amides is 1. The molecule has 0 N–H and O–H groups in total. The summed E-state index contributed by atoms with van der Waals surface area (Å²) in [6, 6.07) is 8.24. The Hall–Kier alpha value is -1.89. The molecule has 2 aromatic rings. The van der Waals surface area contributed by atoms with Gasteiger partial charge in [-0.05, 0) is 56.6 Å². The van der Waals surface area contributed by atoms with E-state index in [9.17, 15) is 13.2 Å². The topological polar surface area (TPSA) is 72.3 Å². The zero-order valence-electron chi connectivity index (χ0n) is 16.7. The minimum Gasteiger partial charge on any atom is -0.335 e. The van der Waals surface area contributed by atoms with Crippen molar-refractivity contribution in [1.82, 2.24) is 14.5 Å². The number of para-hydroxylation sites is 2. The van der Waals surface area contributed by atoms with Crippen LogP contribution in [-0.4, -0.2) is 47.1 Å². The van der Waals surface area contributed by atoms with E-state index in [0.717, 1.165) is 42.6 Å². The van der Waals surface area contributed by atoms with Crippen LogP contribution in [0.4, 0.5) is 0 Å². The van der Waals surface area contributed by atoms with E-state index in [4.69, 9.17) is 0 Å². The molecule has 1 heterocycles. The molecule has 2 aliphatic rings. The summed E-state index contributed by atoms with van der Waals surface area (Å²) in [4.78, 5) is 20.0. The standard InChI is InChI=1S/C21H29N3O3S/c1-15-7-9-16(10-8-15)24(17-11-12-17)21(25)13-23-19-6-4-3-5-18(19)22-20(23)14-28(2,26)27/h3-6,15-17H,7-14H2,1-2H3. The summed E-state index contributed by atoms with van der Waals surface area (Å²) >= 11 is 0. The minimum absolute atomic E-state index is 0.0972. The SMILES string of the molecule is CC1CCC(N(C(=O)Cn2c(CS(C)(=O)=O)nc3ccccc32)C2CC2)CC1. The van der Waals surface area contributed by atoms with Gasteiger partial charge in [-0.3, -0.25) is 4.79 Å². The largest absolute Gasteiger partial charge is 0.335 e. The van der Waals surface area contributed by atoms with E-state index >= 15 is 0 Å². The Morgan fingerprint density at radius 2 is 1.71 bits per heavy atom. The van der Waals surface area contributed by atoms with Gasteiger partial charge in [0.15, 0.2) is 9.84 Å². The van der Waals surface area contributed by atoms with E-state index in [1.54, 1.807) is 4.57 Å². The summed E-state index contributed by atoms with van der Waals surface area (Å²) in [5, 5.41) is 0. The molecular formula is C21H29N3O3S. The Morgan fingerprint density at radius 1 is 1.11 bits per heavy atom. The lowest BCUT2D eigenvalue weighted by atomic mass is 9.86. The molecule has 6 nitrogen and oxygen atoms in total. The molecule has 0 radical (unpaired) electrons. The van der Waals surface area contributed by atoms with Gasteiger partial charge in [0.05, 0.1) is 11.0 Å². The van der Waals surface area contributed by atoms with Crippen molar-refractivity contribution in [3.05, 3.63) is 30.1 Å². The average Bonchev–Trinajstić information content (AvgIpc) is 3.40. The van der Waals surface area contributed by atoms with E-state index in [2.05, 4.69) is 16.8 Å². The lowest BCUT2D eigenvalue weighted by molar-refractivity contribution is -0.135. The average molecular weight is 404 g/mol. The molecule has 1 aromatic carbocycles. The van der Waals surface area contributed by atoms with Crippen molar-refractivity contribution in [2.45, 2.75) is 69.8 Å². The summed E-state index contributed by atoms with van der Waals surface area (Å²) in [6.45, 7) is 2.45. The van der Waals surface area contributed by atoms with Gasteiger partial charge in [-0.2, -0.15) is 0 Å². The molecule has 0 saturated heterocycles. The number of benzene rings is 1. The normalized spacial score (nSPS) is 23.1. The van der Waals surface area contributed by atoms with Crippen LogP contribution in [-0.2, 0) is 26.9 Å². The maximum Gasteiger partial charge on any atom is 0.243 e. The summed E-state index contributed by atoms with van der Waals surface area (Å²) in [5.74, 6) is 1.13. The molecule has 1 amide bonds. The molecule has 0 spiro atoms. The maximum absolute atomic E-state index is 13.4.